The highest BCUT2D eigenvalue weighted by Gasteiger charge is 2.30. The van der Waals surface area contributed by atoms with E-state index in [0.717, 1.165) is 30.2 Å². The monoisotopic (exact) mass is 353 g/mol. The number of hydrogen-bond acceptors (Lipinski definition) is 4. The van der Waals surface area contributed by atoms with Gasteiger partial charge in [-0.05, 0) is 31.0 Å². The van der Waals surface area contributed by atoms with Gasteiger partial charge in [-0.15, -0.1) is 0 Å². The van der Waals surface area contributed by atoms with Gasteiger partial charge >= 0.3 is 0 Å². The summed E-state index contributed by atoms with van der Waals surface area (Å²) in [7, 11) is 0. The summed E-state index contributed by atoms with van der Waals surface area (Å²) in [5.74, 6) is 0.573. The van der Waals surface area contributed by atoms with E-state index in [4.69, 9.17) is 10.3 Å². The SMILES string of the molecule is NC1(Cc2nc(-c3cc(F)ccc3Br)no2)CCCCC1. The maximum Gasteiger partial charge on any atom is 0.228 e. The van der Waals surface area contributed by atoms with E-state index in [1.54, 1.807) is 6.07 Å². The Morgan fingerprint density at radius 2 is 2.05 bits per heavy atom. The molecule has 2 N–H and O–H groups in total. The average molecular weight is 354 g/mol. The van der Waals surface area contributed by atoms with Crippen LogP contribution in [0.15, 0.2) is 27.2 Å². The molecule has 1 aromatic heterocycles. The predicted octanol–water partition coefficient (Wildman–Crippen LogP) is 3.84. The molecule has 1 aromatic carbocycles. The number of halogens is 2. The van der Waals surface area contributed by atoms with E-state index in [1.807, 2.05) is 0 Å². The fraction of sp³-hybridized carbons (Fsp3) is 0.467. The topological polar surface area (TPSA) is 64.9 Å². The zero-order valence-electron chi connectivity index (χ0n) is 11.6. The van der Waals surface area contributed by atoms with Gasteiger partial charge in [-0.3, -0.25) is 0 Å². The Morgan fingerprint density at radius 1 is 1.29 bits per heavy atom. The van der Waals surface area contributed by atoms with Crippen LogP contribution < -0.4 is 5.73 Å². The van der Waals surface area contributed by atoms with Gasteiger partial charge in [-0.25, -0.2) is 4.39 Å². The molecule has 1 saturated carbocycles. The lowest BCUT2D eigenvalue weighted by atomic mass is 9.80. The Hall–Kier alpha value is -1.27. The summed E-state index contributed by atoms with van der Waals surface area (Å²) in [4.78, 5) is 4.37. The molecule has 0 saturated heterocycles. The van der Waals surface area contributed by atoms with Crippen LogP contribution in [0.3, 0.4) is 0 Å². The molecule has 21 heavy (non-hydrogen) atoms. The summed E-state index contributed by atoms with van der Waals surface area (Å²) in [6, 6.07) is 4.40. The van der Waals surface area contributed by atoms with Crippen molar-refractivity contribution >= 4 is 15.9 Å². The first-order valence-electron chi connectivity index (χ1n) is 7.13. The average Bonchev–Trinajstić information content (AvgIpc) is 2.90. The molecule has 1 heterocycles. The van der Waals surface area contributed by atoms with Crippen molar-refractivity contribution in [2.45, 2.75) is 44.1 Å². The standard InChI is InChI=1S/C15H17BrFN3O/c16-12-5-4-10(17)8-11(12)14-19-13(21-20-14)9-15(18)6-2-1-3-7-15/h4-5,8H,1-3,6-7,9,18H2. The highest BCUT2D eigenvalue weighted by molar-refractivity contribution is 9.10. The van der Waals surface area contributed by atoms with Crippen molar-refractivity contribution in [3.05, 3.63) is 34.4 Å². The summed E-state index contributed by atoms with van der Waals surface area (Å²) < 4.78 is 19.4. The second-order valence-electron chi connectivity index (χ2n) is 5.74. The molecule has 0 bridgehead atoms. The number of aromatic nitrogens is 2. The molecule has 4 nitrogen and oxygen atoms in total. The van der Waals surface area contributed by atoms with Crippen molar-refractivity contribution in [1.29, 1.82) is 0 Å². The lowest BCUT2D eigenvalue weighted by Crippen LogP contribution is -2.43. The van der Waals surface area contributed by atoms with Gasteiger partial charge < -0.3 is 10.3 Å². The van der Waals surface area contributed by atoms with Gasteiger partial charge in [-0.1, -0.05) is 40.3 Å². The second kappa shape index (κ2) is 5.85. The van der Waals surface area contributed by atoms with Crippen LogP contribution in [-0.4, -0.2) is 15.7 Å². The molecule has 112 valence electrons. The predicted molar refractivity (Wildman–Crippen MR) is 81.1 cm³/mol. The number of nitrogens with two attached hydrogens (primary N) is 1. The quantitative estimate of drug-likeness (QED) is 0.910. The number of hydrogen-bond donors (Lipinski definition) is 1. The maximum absolute atomic E-state index is 13.3. The van der Waals surface area contributed by atoms with Crippen molar-refractivity contribution in [2.75, 3.05) is 0 Å². The van der Waals surface area contributed by atoms with E-state index in [2.05, 4.69) is 26.1 Å². The number of benzene rings is 1. The van der Waals surface area contributed by atoms with E-state index in [-0.39, 0.29) is 11.4 Å². The Labute approximate surface area is 131 Å². The van der Waals surface area contributed by atoms with Crippen LogP contribution in [0, 0.1) is 5.82 Å². The minimum atomic E-state index is -0.331. The van der Waals surface area contributed by atoms with Crippen molar-refractivity contribution in [1.82, 2.24) is 10.1 Å². The Morgan fingerprint density at radius 3 is 2.81 bits per heavy atom. The Balaban J connectivity index is 1.81. The lowest BCUT2D eigenvalue weighted by molar-refractivity contribution is 0.261. The highest BCUT2D eigenvalue weighted by atomic mass is 79.9. The van der Waals surface area contributed by atoms with E-state index < -0.39 is 0 Å². The van der Waals surface area contributed by atoms with Gasteiger partial charge in [0.15, 0.2) is 0 Å². The summed E-state index contributed by atoms with van der Waals surface area (Å²) >= 11 is 3.37. The zero-order valence-corrected chi connectivity index (χ0v) is 13.2. The van der Waals surface area contributed by atoms with Crippen LogP contribution in [0.2, 0.25) is 0 Å². The van der Waals surface area contributed by atoms with Crippen LogP contribution in [-0.2, 0) is 6.42 Å². The summed E-state index contributed by atoms with van der Waals surface area (Å²) in [5, 5.41) is 3.95. The molecule has 1 aliphatic carbocycles. The minimum Gasteiger partial charge on any atom is -0.339 e. The van der Waals surface area contributed by atoms with E-state index in [1.165, 1.54) is 18.6 Å². The molecule has 0 aliphatic heterocycles. The smallest absolute Gasteiger partial charge is 0.228 e. The van der Waals surface area contributed by atoms with Crippen LogP contribution in [0.5, 0.6) is 0 Å². The maximum atomic E-state index is 13.3. The van der Waals surface area contributed by atoms with Gasteiger partial charge in [0.2, 0.25) is 11.7 Å². The fourth-order valence-corrected chi connectivity index (χ4v) is 3.26. The molecular formula is C15H17BrFN3O. The van der Waals surface area contributed by atoms with Gasteiger partial charge in [0.25, 0.3) is 0 Å². The first-order valence-corrected chi connectivity index (χ1v) is 7.92. The van der Waals surface area contributed by atoms with Gasteiger partial charge in [0.1, 0.15) is 5.82 Å². The molecule has 0 atom stereocenters. The summed E-state index contributed by atoms with van der Waals surface area (Å²) in [5.41, 5.74) is 6.73. The van der Waals surface area contributed by atoms with Crippen molar-refractivity contribution < 1.29 is 8.91 Å². The van der Waals surface area contributed by atoms with Crippen LogP contribution in [0.25, 0.3) is 11.4 Å². The van der Waals surface area contributed by atoms with Gasteiger partial charge in [0, 0.05) is 22.0 Å². The van der Waals surface area contributed by atoms with E-state index >= 15 is 0 Å². The molecule has 0 unspecified atom stereocenters. The molecule has 0 spiro atoms. The highest BCUT2D eigenvalue weighted by Crippen LogP contribution is 2.30. The third-order valence-corrected chi connectivity index (χ3v) is 4.68. The van der Waals surface area contributed by atoms with Crippen molar-refractivity contribution in [3.8, 4) is 11.4 Å². The van der Waals surface area contributed by atoms with Crippen molar-refractivity contribution in [3.63, 3.8) is 0 Å². The van der Waals surface area contributed by atoms with Crippen molar-refractivity contribution in [2.24, 2.45) is 5.73 Å². The molecule has 2 aromatic rings. The second-order valence-corrected chi connectivity index (χ2v) is 6.59. The third-order valence-electron chi connectivity index (χ3n) is 3.99. The molecule has 1 aliphatic rings. The summed E-state index contributed by atoms with van der Waals surface area (Å²) in [6.45, 7) is 0. The minimum absolute atomic E-state index is 0.249. The summed E-state index contributed by atoms with van der Waals surface area (Å²) in [6.07, 6.45) is 6.07. The van der Waals surface area contributed by atoms with Crippen LogP contribution in [0.1, 0.15) is 38.0 Å². The number of nitrogens with zero attached hydrogens (tertiary/aromatic N) is 2. The molecule has 3 rings (SSSR count). The van der Waals surface area contributed by atoms with E-state index in [0.29, 0.717) is 23.7 Å². The third kappa shape index (κ3) is 3.32. The lowest BCUT2D eigenvalue weighted by Gasteiger charge is -2.31. The van der Waals surface area contributed by atoms with Crippen LogP contribution in [0.4, 0.5) is 4.39 Å². The normalized spacial score (nSPS) is 17.9. The first-order chi connectivity index (χ1) is 10.1. The molecule has 0 radical (unpaired) electrons. The largest absolute Gasteiger partial charge is 0.339 e. The Bertz CT molecular complexity index is 638. The van der Waals surface area contributed by atoms with Gasteiger partial charge in [0.05, 0.1) is 0 Å². The van der Waals surface area contributed by atoms with Crippen LogP contribution >= 0.6 is 15.9 Å². The first kappa shape index (κ1) is 14.7. The van der Waals surface area contributed by atoms with Gasteiger partial charge in [-0.2, -0.15) is 4.98 Å². The Kier molecular flexibility index (Phi) is 4.08. The number of rotatable bonds is 3. The van der Waals surface area contributed by atoms with E-state index in [9.17, 15) is 4.39 Å². The molecule has 1 fully saturated rings. The zero-order chi connectivity index (χ0) is 14.9. The molecule has 6 heteroatoms. The molecule has 0 amide bonds. The fourth-order valence-electron chi connectivity index (χ4n) is 2.84. The molecular weight excluding hydrogens is 337 g/mol.